The normalized spacial score (nSPS) is 19.7. The Morgan fingerprint density at radius 1 is 1.19 bits per heavy atom. The topological polar surface area (TPSA) is 99.7 Å². The third-order valence-electron chi connectivity index (χ3n) is 4.60. The predicted molar refractivity (Wildman–Crippen MR) is 104 cm³/mol. The van der Waals surface area contributed by atoms with Gasteiger partial charge in [0, 0.05) is 31.9 Å². The third-order valence-corrected chi connectivity index (χ3v) is 4.60. The molecule has 0 aliphatic carbocycles. The first-order valence-corrected chi connectivity index (χ1v) is 9.44. The molecule has 2 atom stereocenters. The fourth-order valence-corrected chi connectivity index (χ4v) is 3.08. The second-order valence-corrected chi connectivity index (χ2v) is 6.70. The molecule has 2 unspecified atom stereocenters. The summed E-state index contributed by atoms with van der Waals surface area (Å²) in [6.07, 6.45) is 7.67. The lowest BCUT2D eigenvalue weighted by atomic mass is 9.86. The molecular weight excluding hydrogens is 346 g/mol. The van der Waals surface area contributed by atoms with Gasteiger partial charge >= 0.3 is 12.0 Å². The van der Waals surface area contributed by atoms with Crippen molar-refractivity contribution in [3.63, 3.8) is 0 Å². The fraction of sp³-hybridized carbons (Fsp3) is 0.500. The number of amides is 2. The Labute approximate surface area is 160 Å². The van der Waals surface area contributed by atoms with Gasteiger partial charge in [0.15, 0.2) is 0 Å². The maximum Gasteiger partial charge on any atom is 0.333 e. The number of anilines is 1. The van der Waals surface area contributed by atoms with Crippen molar-refractivity contribution >= 4 is 17.7 Å². The number of para-hydroxylation sites is 1. The van der Waals surface area contributed by atoms with Gasteiger partial charge in [0.25, 0.3) is 0 Å². The van der Waals surface area contributed by atoms with Crippen molar-refractivity contribution in [3.8, 4) is 0 Å². The maximum absolute atomic E-state index is 11.9. The SMILES string of the molecule is O=C(O)CCCC=CCC1COCCC1CNNC(=O)Nc1ccccc1. The minimum atomic E-state index is -0.751. The quantitative estimate of drug-likeness (QED) is 0.286. The van der Waals surface area contributed by atoms with Crippen molar-refractivity contribution < 1.29 is 19.4 Å². The number of unbranched alkanes of at least 4 members (excludes halogenated alkanes) is 1. The Balaban J connectivity index is 1.66. The summed E-state index contributed by atoms with van der Waals surface area (Å²) in [5, 5.41) is 11.4. The van der Waals surface area contributed by atoms with E-state index in [-0.39, 0.29) is 12.5 Å². The van der Waals surface area contributed by atoms with Gasteiger partial charge in [0.2, 0.25) is 0 Å². The van der Waals surface area contributed by atoms with E-state index >= 15 is 0 Å². The second kappa shape index (κ2) is 12.1. The molecule has 2 amide bonds. The molecule has 7 nitrogen and oxygen atoms in total. The number of nitrogens with one attached hydrogen (secondary N) is 3. The van der Waals surface area contributed by atoms with E-state index in [2.05, 4.69) is 22.2 Å². The minimum Gasteiger partial charge on any atom is -0.481 e. The summed E-state index contributed by atoms with van der Waals surface area (Å²) in [5.41, 5.74) is 6.44. The Kier molecular flexibility index (Phi) is 9.37. The zero-order valence-corrected chi connectivity index (χ0v) is 15.5. The predicted octanol–water partition coefficient (Wildman–Crippen LogP) is 3.17. The molecule has 27 heavy (non-hydrogen) atoms. The van der Waals surface area contributed by atoms with Crippen LogP contribution in [0.2, 0.25) is 0 Å². The number of ether oxygens (including phenoxy) is 1. The number of urea groups is 1. The van der Waals surface area contributed by atoms with Crippen LogP contribution < -0.4 is 16.2 Å². The van der Waals surface area contributed by atoms with Crippen molar-refractivity contribution in [1.82, 2.24) is 10.9 Å². The summed E-state index contributed by atoms with van der Waals surface area (Å²) in [6, 6.07) is 9.00. The number of rotatable bonds is 10. The van der Waals surface area contributed by atoms with E-state index in [0.29, 0.717) is 31.4 Å². The zero-order valence-electron chi connectivity index (χ0n) is 15.5. The fourth-order valence-electron chi connectivity index (χ4n) is 3.08. The summed E-state index contributed by atoms with van der Waals surface area (Å²) in [7, 11) is 0. The van der Waals surface area contributed by atoms with E-state index in [1.54, 1.807) is 0 Å². The standard InChI is InChI=1S/C20H29N3O4/c24-19(25)11-7-2-1-4-8-17-15-27-13-12-16(17)14-21-23-20(26)22-18-9-5-3-6-10-18/h1,3-6,9-10,16-17,21H,2,7-8,11-15H2,(H,24,25)(H2,22,23,26). The lowest BCUT2D eigenvalue weighted by Gasteiger charge is -2.31. The molecule has 1 aliphatic rings. The van der Waals surface area contributed by atoms with E-state index in [9.17, 15) is 9.59 Å². The average Bonchev–Trinajstić information content (AvgIpc) is 2.66. The van der Waals surface area contributed by atoms with E-state index in [0.717, 1.165) is 31.6 Å². The summed E-state index contributed by atoms with van der Waals surface area (Å²) < 4.78 is 5.59. The van der Waals surface area contributed by atoms with Gasteiger partial charge in [-0.1, -0.05) is 30.4 Å². The van der Waals surface area contributed by atoms with Crippen LogP contribution in [-0.2, 0) is 9.53 Å². The van der Waals surface area contributed by atoms with Crippen LogP contribution >= 0.6 is 0 Å². The summed E-state index contributed by atoms with van der Waals surface area (Å²) >= 11 is 0. The number of aliphatic carboxylic acids is 1. The second-order valence-electron chi connectivity index (χ2n) is 6.70. The van der Waals surface area contributed by atoms with Crippen LogP contribution in [0, 0.1) is 11.8 Å². The van der Waals surface area contributed by atoms with Crippen LogP contribution in [0.5, 0.6) is 0 Å². The molecule has 1 saturated heterocycles. The van der Waals surface area contributed by atoms with Crippen LogP contribution in [0.1, 0.15) is 32.1 Å². The molecule has 0 spiro atoms. The van der Waals surface area contributed by atoms with E-state index < -0.39 is 5.97 Å². The highest BCUT2D eigenvalue weighted by molar-refractivity contribution is 5.88. The van der Waals surface area contributed by atoms with Crippen LogP contribution in [0.3, 0.4) is 0 Å². The van der Waals surface area contributed by atoms with Gasteiger partial charge in [-0.15, -0.1) is 0 Å². The van der Waals surface area contributed by atoms with Crippen LogP contribution in [0.4, 0.5) is 10.5 Å². The molecule has 4 N–H and O–H groups in total. The number of carboxylic acids is 1. The first kappa shape index (κ1) is 20.9. The lowest BCUT2D eigenvalue weighted by molar-refractivity contribution is -0.137. The van der Waals surface area contributed by atoms with E-state index in [4.69, 9.17) is 9.84 Å². The Morgan fingerprint density at radius 2 is 2.00 bits per heavy atom. The highest BCUT2D eigenvalue weighted by Gasteiger charge is 2.24. The number of hydrogen-bond acceptors (Lipinski definition) is 4. The molecule has 1 heterocycles. The molecule has 0 radical (unpaired) electrons. The van der Waals surface area contributed by atoms with E-state index in [1.807, 2.05) is 36.4 Å². The Morgan fingerprint density at radius 3 is 2.78 bits per heavy atom. The number of hydrogen-bond donors (Lipinski definition) is 4. The lowest BCUT2D eigenvalue weighted by Crippen LogP contribution is -2.45. The summed E-state index contributed by atoms with van der Waals surface area (Å²) in [6.45, 7) is 2.13. The van der Waals surface area contributed by atoms with Gasteiger partial charge in [-0.3, -0.25) is 10.2 Å². The molecule has 148 valence electrons. The number of carbonyl (C=O) groups is 2. The number of carbonyl (C=O) groups excluding carboxylic acids is 1. The minimum absolute atomic E-state index is 0.208. The van der Waals surface area contributed by atoms with Crippen molar-refractivity contribution in [2.24, 2.45) is 11.8 Å². The first-order chi connectivity index (χ1) is 13.1. The van der Waals surface area contributed by atoms with Crippen molar-refractivity contribution in [2.45, 2.75) is 32.1 Å². The molecule has 0 bridgehead atoms. The monoisotopic (exact) mass is 375 g/mol. The molecule has 7 heteroatoms. The smallest absolute Gasteiger partial charge is 0.333 e. The van der Waals surface area contributed by atoms with Crippen LogP contribution in [0.15, 0.2) is 42.5 Å². The highest BCUT2D eigenvalue weighted by Crippen LogP contribution is 2.24. The third kappa shape index (κ3) is 8.70. The number of allylic oxidation sites excluding steroid dienone is 2. The van der Waals surface area contributed by atoms with Gasteiger partial charge in [-0.25, -0.2) is 10.2 Å². The number of hydrazine groups is 1. The molecule has 0 saturated carbocycles. The first-order valence-electron chi connectivity index (χ1n) is 9.44. The van der Waals surface area contributed by atoms with Gasteiger partial charge in [0.05, 0.1) is 0 Å². The van der Waals surface area contributed by atoms with Gasteiger partial charge in [-0.05, 0) is 49.7 Å². The van der Waals surface area contributed by atoms with Gasteiger partial charge in [0.1, 0.15) is 0 Å². The van der Waals surface area contributed by atoms with Crippen LogP contribution in [0.25, 0.3) is 0 Å². The number of carboxylic acid groups (broad SMARTS) is 1. The molecule has 2 rings (SSSR count). The molecular formula is C20H29N3O4. The van der Waals surface area contributed by atoms with Gasteiger partial charge in [-0.2, -0.15) is 0 Å². The molecule has 1 fully saturated rings. The van der Waals surface area contributed by atoms with Crippen molar-refractivity contribution in [2.75, 3.05) is 25.1 Å². The van der Waals surface area contributed by atoms with E-state index in [1.165, 1.54) is 0 Å². The van der Waals surface area contributed by atoms with Crippen LogP contribution in [-0.4, -0.2) is 36.9 Å². The summed E-state index contributed by atoms with van der Waals surface area (Å²) in [4.78, 5) is 22.4. The van der Waals surface area contributed by atoms with Crippen molar-refractivity contribution in [3.05, 3.63) is 42.5 Å². The highest BCUT2D eigenvalue weighted by atomic mass is 16.5. The largest absolute Gasteiger partial charge is 0.481 e. The number of benzene rings is 1. The van der Waals surface area contributed by atoms with Gasteiger partial charge < -0.3 is 15.2 Å². The zero-order chi connectivity index (χ0) is 19.3. The Hall–Kier alpha value is -2.38. The molecule has 1 aromatic carbocycles. The molecule has 1 aliphatic heterocycles. The van der Waals surface area contributed by atoms with Crippen molar-refractivity contribution in [1.29, 1.82) is 0 Å². The molecule has 1 aromatic rings. The average molecular weight is 375 g/mol. The summed E-state index contributed by atoms with van der Waals surface area (Å²) in [5.74, 6) is 0.0550. The molecule has 0 aromatic heterocycles. The maximum atomic E-state index is 11.9. The Bertz CT molecular complexity index is 607.